The minimum absolute atomic E-state index is 0.295. The van der Waals surface area contributed by atoms with Gasteiger partial charge in [-0.15, -0.1) is 0 Å². The minimum atomic E-state index is -0.549. The molecule has 0 spiro atoms. The van der Waals surface area contributed by atoms with Crippen LogP contribution in [0, 0.1) is 10.1 Å². The molecule has 0 bridgehead atoms. The lowest BCUT2D eigenvalue weighted by Crippen LogP contribution is -2.30. The molecule has 1 atom stereocenters. The third-order valence-electron chi connectivity index (χ3n) is 1.85. The maximum absolute atomic E-state index is 10.3. The van der Waals surface area contributed by atoms with Crippen LogP contribution in [0.15, 0.2) is 24.5 Å². The van der Waals surface area contributed by atoms with E-state index in [-0.39, 0.29) is 4.92 Å². The van der Waals surface area contributed by atoms with Gasteiger partial charge in [0.05, 0.1) is 6.54 Å². The number of nitrogens with one attached hydrogen (secondary N) is 1. The third-order valence-corrected chi connectivity index (χ3v) is 1.85. The summed E-state index contributed by atoms with van der Waals surface area (Å²) in [5, 5.41) is 13.3. The summed E-state index contributed by atoms with van der Waals surface area (Å²) in [7, 11) is 0. The van der Waals surface area contributed by atoms with E-state index in [4.69, 9.17) is 0 Å². The maximum atomic E-state index is 10.3. The second kappa shape index (κ2) is 5.29. The van der Waals surface area contributed by atoms with Crippen molar-refractivity contribution in [3.05, 3.63) is 40.2 Å². The van der Waals surface area contributed by atoms with Crippen molar-refractivity contribution in [1.82, 2.24) is 10.3 Å². The van der Waals surface area contributed by atoms with E-state index in [2.05, 4.69) is 10.3 Å². The summed E-state index contributed by atoms with van der Waals surface area (Å²) in [4.78, 5) is 13.9. The zero-order chi connectivity index (χ0) is 10.4. The Morgan fingerprint density at radius 2 is 2.50 bits per heavy atom. The highest BCUT2D eigenvalue weighted by atomic mass is 16.6. The molecule has 1 rings (SSSR count). The Balaban J connectivity index is 2.26. The maximum Gasteiger partial charge on any atom is 0.222 e. The molecule has 5 nitrogen and oxygen atoms in total. The Labute approximate surface area is 82.3 Å². The quantitative estimate of drug-likeness (QED) is 0.558. The summed E-state index contributed by atoms with van der Waals surface area (Å²) < 4.78 is 0. The van der Waals surface area contributed by atoms with Gasteiger partial charge in [0.2, 0.25) is 6.04 Å². The molecule has 0 saturated carbocycles. The number of hydrogen-bond acceptors (Lipinski definition) is 4. The fourth-order valence-electron chi connectivity index (χ4n) is 1.00. The molecule has 0 amide bonds. The Kier molecular flexibility index (Phi) is 4.00. The van der Waals surface area contributed by atoms with Gasteiger partial charge in [0.1, 0.15) is 0 Å². The Morgan fingerprint density at radius 1 is 1.71 bits per heavy atom. The number of nitrogens with zero attached hydrogens (tertiary/aromatic N) is 2. The highest BCUT2D eigenvalue weighted by molar-refractivity contribution is 5.07. The van der Waals surface area contributed by atoms with Crippen LogP contribution in [0.1, 0.15) is 12.5 Å². The molecule has 1 aromatic rings. The fourth-order valence-corrected chi connectivity index (χ4v) is 1.00. The molecular formula is C9H13N3O2. The summed E-state index contributed by atoms with van der Waals surface area (Å²) in [6.07, 6.45) is 3.44. The standard InChI is InChI=1S/C9H13N3O2/c1-8(12(13)14)5-11-7-9-3-2-4-10-6-9/h2-4,6,8,11H,5,7H2,1H3. The van der Waals surface area contributed by atoms with Crippen molar-refractivity contribution in [2.75, 3.05) is 6.54 Å². The van der Waals surface area contributed by atoms with Crippen LogP contribution in [0.5, 0.6) is 0 Å². The average molecular weight is 195 g/mol. The van der Waals surface area contributed by atoms with Crippen LogP contribution < -0.4 is 5.32 Å². The average Bonchev–Trinajstić information content (AvgIpc) is 2.19. The molecule has 1 heterocycles. The molecule has 5 heteroatoms. The van der Waals surface area contributed by atoms with Crippen molar-refractivity contribution >= 4 is 0 Å². The molecule has 0 aliphatic carbocycles. The van der Waals surface area contributed by atoms with E-state index in [0.29, 0.717) is 13.1 Å². The summed E-state index contributed by atoms with van der Waals surface area (Å²) in [5.74, 6) is 0. The molecule has 0 radical (unpaired) electrons. The van der Waals surface area contributed by atoms with Gasteiger partial charge in [0.15, 0.2) is 0 Å². The first-order valence-corrected chi connectivity index (χ1v) is 4.43. The summed E-state index contributed by atoms with van der Waals surface area (Å²) in [5.41, 5.74) is 1.03. The zero-order valence-electron chi connectivity index (χ0n) is 8.01. The van der Waals surface area contributed by atoms with E-state index >= 15 is 0 Å². The molecule has 0 aliphatic rings. The second-order valence-electron chi connectivity index (χ2n) is 3.13. The van der Waals surface area contributed by atoms with Gasteiger partial charge < -0.3 is 5.32 Å². The van der Waals surface area contributed by atoms with E-state index < -0.39 is 6.04 Å². The van der Waals surface area contributed by atoms with Crippen molar-refractivity contribution < 1.29 is 4.92 Å². The molecule has 0 saturated heterocycles. The number of rotatable bonds is 5. The lowest BCUT2D eigenvalue weighted by atomic mass is 10.3. The van der Waals surface area contributed by atoms with Crippen molar-refractivity contribution in [1.29, 1.82) is 0 Å². The predicted molar refractivity (Wildman–Crippen MR) is 52.4 cm³/mol. The van der Waals surface area contributed by atoms with E-state index in [9.17, 15) is 10.1 Å². The number of hydrogen-bond donors (Lipinski definition) is 1. The minimum Gasteiger partial charge on any atom is -0.306 e. The Morgan fingerprint density at radius 3 is 3.07 bits per heavy atom. The third kappa shape index (κ3) is 3.49. The van der Waals surface area contributed by atoms with E-state index in [0.717, 1.165) is 5.56 Å². The van der Waals surface area contributed by atoms with E-state index in [1.807, 2.05) is 12.1 Å². The molecule has 1 N–H and O–H groups in total. The summed E-state index contributed by atoms with van der Waals surface area (Å²) in [6, 6.07) is 3.22. The van der Waals surface area contributed by atoms with Gasteiger partial charge in [0, 0.05) is 30.8 Å². The van der Waals surface area contributed by atoms with Crippen LogP contribution in [0.2, 0.25) is 0 Å². The van der Waals surface area contributed by atoms with Gasteiger partial charge in [-0.3, -0.25) is 15.1 Å². The first-order chi connectivity index (χ1) is 6.70. The van der Waals surface area contributed by atoms with Crippen molar-refractivity contribution in [2.24, 2.45) is 0 Å². The second-order valence-corrected chi connectivity index (χ2v) is 3.13. The van der Waals surface area contributed by atoms with E-state index in [1.165, 1.54) is 0 Å². The Hall–Kier alpha value is -1.49. The molecule has 14 heavy (non-hydrogen) atoms. The highest BCUT2D eigenvalue weighted by Gasteiger charge is 2.10. The number of pyridine rings is 1. The van der Waals surface area contributed by atoms with E-state index in [1.54, 1.807) is 19.3 Å². The van der Waals surface area contributed by atoms with Crippen LogP contribution >= 0.6 is 0 Å². The van der Waals surface area contributed by atoms with Crippen LogP contribution in [-0.4, -0.2) is 22.5 Å². The molecular weight excluding hydrogens is 182 g/mol. The largest absolute Gasteiger partial charge is 0.306 e. The molecule has 0 aliphatic heterocycles. The van der Waals surface area contributed by atoms with Crippen LogP contribution in [0.4, 0.5) is 0 Å². The SMILES string of the molecule is CC(CNCc1cccnc1)[N+](=O)[O-]. The Bertz CT molecular complexity index is 289. The topological polar surface area (TPSA) is 68.1 Å². The highest BCUT2D eigenvalue weighted by Crippen LogP contribution is 1.94. The van der Waals surface area contributed by atoms with Crippen molar-refractivity contribution in [3.8, 4) is 0 Å². The van der Waals surface area contributed by atoms with Crippen LogP contribution in [0.3, 0.4) is 0 Å². The smallest absolute Gasteiger partial charge is 0.222 e. The predicted octanol–water partition coefficient (Wildman–Crippen LogP) is 0.836. The zero-order valence-corrected chi connectivity index (χ0v) is 8.01. The normalized spacial score (nSPS) is 12.4. The summed E-state index contributed by atoms with van der Waals surface area (Å²) in [6.45, 7) is 2.57. The van der Waals surface area contributed by atoms with Gasteiger partial charge in [-0.1, -0.05) is 6.07 Å². The van der Waals surface area contributed by atoms with Crippen molar-refractivity contribution in [3.63, 3.8) is 0 Å². The molecule has 1 aromatic heterocycles. The van der Waals surface area contributed by atoms with Crippen molar-refractivity contribution in [2.45, 2.75) is 19.5 Å². The lowest BCUT2D eigenvalue weighted by molar-refractivity contribution is -0.515. The van der Waals surface area contributed by atoms with Gasteiger partial charge >= 0.3 is 0 Å². The lowest BCUT2D eigenvalue weighted by Gasteiger charge is -2.05. The molecule has 0 aromatic carbocycles. The van der Waals surface area contributed by atoms with Crippen LogP contribution in [-0.2, 0) is 6.54 Å². The van der Waals surface area contributed by atoms with Gasteiger partial charge in [-0.05, 0) is 11.6 Å². The first kappa shape index (κ1) is 10.6. The molecule has 0 fully saturated rings. The molecule has 76 valence electrons. The van der Waals surface area contributed by atoms with Crippen LogP contribution in [0.25, 0.3) is 0 Å². The number of aromatic nitrogens is 1. The van der Waals surface area contributed by atoms with Gasteiger partial charge in [-0.25, -0.2) is 0 Å². The van der Waals surface area contributed by atoms with Gasteiger partial charge in [-0.2, -0.15) is 0 Å². The first-order valence-electron chi connectivity index (χ1n) is 4.43. The fraction of sp³-hybridized carbons (Fsp3) is 0.444. The van der Waals surface area contributed by atoms with Gasteiger partial charge in [0.25, 0.3) is 0 Å². The monoisotopic (exact) mass is 195 g/mol. The summed E-state index contributed by atoms with van der Waals surface area (Å²) >= 11 is 0. The number of nitro groups is 1. The molecule has 1 unspecified atom stereocenters.